The maximum atomic E-state index is 9.40. The van der Waals surface area contributed by atoms with E-state index in [-0.39, 0.29) is 5.92 Å². The highest BCUT2D eigenvalue weighted by Crippen LogP contribution is 2.33. The molecule has 5 aromatic rings. The molecular weight excluding hydrogens is 436 g/mol. The van der Waals surface area contributed by atoms with Crippen molar-refractivity contribution >= 4 is 33.8 Å². The largest absolute Gasteiger partial charge is 0.436 e. The Morgan fingerprint density at radius 1 is 0.914 bits per heavy atom. The van der Waals surface area contributed by atoms with Gasteiger partial charge < -0.3 is 15.1 Å². The van der Waals surface area contributed by atoms with E-state index >= 15 is 0 Å². The molecule has 1 atom stereocenters. The molecule has 1 unspecified atom stereocenters. The quantitative estimate of drug-likeness (QED) is 0.314. The zero-order chi connectivity index (χ0) is 23.6. The minimum absolute atomic E-state index is 0.0382. The van der Waals surface area contributed by atoms with Crippen LogP contribution in [-0.4, -0.2) is 15.0 Å². The van der Waals surface area contributed by atoms with Crippen molar-refractivity contribution in [3.8, 4) is 17.5 Å². The minimum Gasteiger partial charge on any atom is -0.436 e. The molecule has 1 aliphatic rings. The molecule has 3 heterocycles. The normalized spacial score (nSPS) is 14.8. The molecule has 7 heteroatoms. The van der Waals surface area contributed by atoms with Crippen LogP contribution in [-0.2, 0) is 12.8 Å². The fourth-order valence-corrected chi connectivity index (χ4v) is 4.48. The summed E-state index contributed by atoms with van der Waals surface area (Å²) in [5.41, 5.74) is 8.39. The highest BCUT2D eigenvalue weighted by molar-refractivity contribution is 5.81. The van der Waals surface area contributed by atoms with Crippen LogP contribution in [0.4, 0.5) is 22.7 Å². The number of nitrogens with one attached hydrogen (secondary N) is 2. The molecule has 0 bridgehead atoms. The van der Waals surface area contributed by atoms with Gasteiger partial charge in [-0.2, -0.15) is 5.26 Å². The lowest BCUT2D eigenvalue weighted by atomic mass is 9.86. The van der Waals surface area contributed by atoms with Gasteiger partial charge in [-0.15, -0.1) is 0 Å². The molecule has 6 rings (SSSR count). The van der Waals surface area contributed by atoms with E-state index in [2.05, 4.69) is 26.7 Å². The first-order valence-corrected chi connectivity index (χ1v) is 11.6. The van der Waals surface area contributed by atoms with Gasteiger partial charge in [-0.05, 0) is 73.4 Å². The monoisotopic (exact) mass is 458 g/mol. The summed E-state index contributed by atoms with van der Waals surface area (Å²) in [7, 11) is 0. The van der Waals surface area contributed by atoms with Crippen LogP contribution >= 0.6 is 0 Å². The summed E-state index contributed by atoms with van der Waals surface area (Å²) in [6.45, 7) is 0. The zero-order valence-electron chi connectivity index (χ0n) is 18.9. The molecule has 3 aromatic heterocycles. The zero-order valence-corrected chi connectivity index (χ0v) is 18.9. The number of nitrogens with zero attached hydrogens (tertiary/aromatic N) is 4. The van der Waals surface area contributed by atoms with Crippen molar-refractivity contribution in [2.45, 2.75) is 19.3 Å². The first-order valence-electron chi connectivity index (χ1n) is 11.6. The van der Waals surface area contributed by atoms with Crippen LogP contribution in [0.15, 0.2) is 83.7 Å². The van der Waals surface area contributed by atoms with E-state index in [9.17, 15) is 5.26 Å². The minimum atomic E-state index is 0.0382. The van der Waals surface area contributed by atoms with Gasteiger partial charge in [0.15, 0.2) is 5.58 Å². The van der Waals surface area contributed by atoms with E-state index in [1.165, 1.54) is 0 Å². The van der Waals surface area contributed by atoms with Gasteiger partial charge >= 0.3 is 0 Å². The van der Waals surface area contributed by atoms with Gasteiger partial charge in [0, 0.05) is 58.7 Å². The Morgan fingerprint density at radius 3 is 2.69 bits per heavy atom. The maximum Gasteiger partial charge on any atom is 0.227 e. The highest BCUT2D eigenvalue weighted by Gasteiger charge is 2.22. The van der Waals surface area contributed by atoms with Crippen molar-refractivity contribution in [3.63, 3.8) is 0 Å². The van der Waals surface area contributed by atoms with E-state index in [4.69, 9.17) is 9.40 Å². The smallest absolute Gasteiger partial charge is 0.227 e. The maximum absolute atomic E-state index is 9.40. The number of hydrogen-bond donors (Lipinski definition) is 2. The molecule has 7 nitrogen and oxygen atoms in total. The van der Waals surface area contributed by atoms with Crippen LogP contribution in [0.2, 0.25) is 0 Å². The fourth-order valence-electron chi connectivity index (χ4n) is 4.48. The second-order valence-corrected chi connectivity index (χ2v) is 8.62. The number of oxazole rings is 1. The van der Waals surface area contributed by atoms with Crippen molar-refractivity contribution in [3.05, 3.63) is 90.5 Å². The molecule has 0 spiro atoms. The summed E-state index contributed by atoms with van der Waals surface area (Å²) in [5.74, 6) is 0.599. The topological polar surface area (TPSA) is 99.7 Å². The number of rotatable bonds is 5. The fraction of sp³-hybridized carbons (Fsp3) is 0.143. The number of aromatic nitrogens is 3. The number of pyridine rings is 2. The number of aryl methyl sites for hydroxylation is 1. The number of benzene rings is 2. The van der Waals surface area contributed by atoms with Crippen molar-refractivity contribution < 1.29 is 4.42 Å². The summed E-state index contributed by atoms with van der Waals surface area (Å²) in [5, 5.41) is 16.3. The predicted molar refractivity (Wildman–Crippen MR) is 136 cm³/mol. The molecule has 1 aliphatic carbocycles. The van der Waals surface area contributed by atoms with Gasteiger partial charge in [-0.25, -0.2) is 4.98 Å². The first-order chi connectivity index (χ1) is 17.2. The van der Waals surface area contributed by atoms with E-state index in [1.807, 2.05) is 66.9 Å². The van der Waals surface area contributed by atoms with Crippen molar-refractivity contribution in [2.75, 3.05) is 10.6 Å². The van der Waals surface area contributed by atoms with Gasteiger partial charge in [0.05, 0.1) is 12.0 Å². The Hall–Kier alpha value is -4.70. The summed E-state index contributed by atoms with van der Waals surface area (Å²) < 4.78 is 6.12. The van der Waals surface area contributed by atoms with Crippen LogP contribution in [0.1, 0.15) is 17.7 Å². The summed E-state index contributed by atoms with van der Waals surface area (Å²) in [6, 6.07) is 22.1. The number of anilines is 4. The molecule has 0 fully saturated rings. The lowest BCUT2D eigenvalue weighted by molar-refractivity contribution is 0.556. The molecule has 0 radical (unpaired) electrons. The lowest BCUT2D eigenvalue weighted by Gasteiger charge is -2.22. The van der Waals surface area contributed by atoms with E-state index in [1.54, 1.807) is 12.4 Å². The van der Waals surface area contributed by atoms with E-state index in [0.717, 1.165) is 64.3 Å². The molecule has 0 saturated carbocycles. The average Bonchev–Trinajstić information content (AvgIpc) is 3.33. The number of fused-ring (bicyclic) bond motifs is 2. The Bertz CT molecular complexity index is 1550. The molecule has 2 N–H and O–H groups in total. The van der Waals surface area contributed by atoms with E-state index in [0.29, 0.717) is 11.5 Å². The predicted octanol–water partition coefficient (Wildman–Crippen LogP) is 6.40. The number of nitriles is 1. The van der Waals surface area contributed by atoms with Gasteiger partial charge in [0.25, 0.3) is 0 Å². The first kappa shape index (κ1) is 20.9. The summed E-state index contributed by atoms with van der Waals surface area (Å²) in [4.78, 5) is 13.3. The van der Waals surface area contributed by atoms with Gasteiger partial charge in [0.2, 0.25) is 5.89 Å². The molecule has 0 amide bonds. The van der Waals surface area contributed by atoms with Crippen LogP contribution in [0, 0.1) is 17.2 Å². The van der Waals surface area contributed by atoms with Crippen molar-refractivity contribution in [1.82, 2.24) is 15.0 Å². The molecule has 35 heavy (non-hydrogen) atoms. The second kappa shape index (κ2) is 8.92. The van der Waals surface area contributed by atoms with Crippen LogP contribution in [0.5, 0.6) is 0 Å². The Balaban J connectivity index is 1.27. The molecule has 0 aliphatic heterocycles. The standard InChI is InChI=1S/C28H22N6O/c29-17-18-4-6-24-23(14-18)25(10-13-31-24)33-21-3-1-2-19(15-21)28-34-26-7-5-22(16-27(26)35-28)32-20-8-11-30-12-9-20/h1-3,5,7-13,15-16,18H,4,6,14H2,(H,30,32)(H,31,33). The van der Waals surface area contributed by atoms with Gasteiger partial charge in [-0.3, -0.25) is 9.97 Å². The van der Waals surface area contributed by atoms with Crippen molar-refractivity contribution in [1.29, 1.82) is 5.26 Å². The summed E-state index contributed by atoms with van der Waals surface area (Å²) in [6.07, 6.45) is 7.76. The molecular formula is C28H22N6O. The number of hydrogen-bond acceptors (Lipinski definition) is 7. The molecule has 2 aromatic carbocycles. The highest BCUT2D eigenvalue weighted by atomic mass is 16.3. The Labute approximate surface area is 202 Å². The molecule has 0 saturated heterocycles. The molecule has 170 valence electrons. The third-order valence-electron chi connectivity index (χ3n) is 6.25. The van der Waals surface area contributed by atoms with Crippen LogP contribution < -0.4 is 10.6 Å². The lowest BCUT2D eigenvalue weighted by Crippen LogP contribution is -2.15. The van der Waals surface area contributed by atoms with Crippen molar-refractivity contribution in [2.24, 2.45) is 5.92 Å². The average molecular weight is 459 g/mol. The Kier molecular flexibility index (Phi) is 5.32. The van der Waals surface area contributed by atoms with Crippen LogP contribution in [0.3, 0.4) is 0 Å². The van der Waals surface area contributed by atoms with Gasteiger partial charge in [0.1, 0.15) is 5.52 Å². The van der Waals surface area contributed by atoms with Crippen LogP contribution in [0.25, 0.3) is 22.6 Å². The Morgan fingerprint density at radius 2 is 1.80 bits per heavy atom. The van der Waals surface area contributed by atoms with Gasteiger partial charge in [-0.1, -0.05) is 6.07 Å². The van der Waals surface area contributed by atoms with E-state index < -0.39 is 0 Å². The second-order valence-electron chi connectivity index (χ2n) is 8.62. The third-order valence-corrected chi connectivity index (χ3v) is 6.25. The summed E-state index contributed by atoms with van der Waals surface area (Å²) >= 11 is 0. The SMILES string of the molecule is N#CC1CCc2nccc(Nc3cccc(-c4nc5ccc(Nc6ccncc6)cc5o4)c3)c2C1. The third kappa shape index (κ3) is 4.30.